The highest BCUT2D eigenvalue weighted by atomic mass is 35.5. The molecule has 0 aliphatic rings. The van der Waals surface area contributed by atoms with E-state index >= 15 is 0 Å². The summed E-state index contributed by atoms with van der Waals surface area (Å²) < 4.78 is 6.74. The van der Waals surface area contributed by atoms with Crippen LogP contribution in [-0.2, 0) is 16.6 Å². The molecule has 1 N–H and O–H groups in total. The van der Waals surface area contributed by atoms with Crippen molar-refractivity contribution in [3.05, 3.63) is 39.3 Å². The number of nitrogens with zero attached hydrogens (tertiary/aromatic N) is 2. The van der Waals surface area contributed by atoms with Crippen LogP contribution in [0.15, 0.2) is 24.4 Å². The van der Waals surface area contributed by atoms with Crippen LogP contribution >= 0.6 is 22.9 Å². The van der Waals surface area contributed by atoms with E-state index in [1.807, 2.05) is 0 Å². The van der Waals surface area contributed by atoms with Crippen molar-refractivity contribution < 1.29 is 14.3 Å². The lowest BCUT2D eigenvalue weighted by atomic mass is 10.2. The average molecular weight is 314 g/mol. The first-order valence-electron chi connectivity index (χ1n) is 5.65. The van der Waals surface area contributed by atoms with Crippen LogP contribution in [0, 0.1) is 0 Å². The largest absolute Gasteiger partial charge is 0.467 e. The Morgan fingerprint density at radius 1 is 1.45 bits per heavy atom. The van der Waals surface area contributed by atoms with Gasteiger partial charge in [-0.1, -0.05) is 11.6 Å². The molecule has 2 rings (SSSR count). The fourth-order valence-electron chi connectivity index (χ4n) is 1.60. The minimum atomic E-state index is -0.949. The summed E-state index contributed by atoms with van der Waals surface area (Å²) in [7, 11) is 2.98. The molecule has 0 aromatic carbocycles. The molecule has 0 saturated heterocycles. The van der Waals surface area contributed by atoms with Crippen molar-refractivity contribution in [3.8, 4) is 0 Å². The van der Waals surface area contributed by atoms with Crippen molar-refractivity contribution in [3.63, 3.8) is 0 Å². The molecule has 2 aromatic heterocycles. The summed E-state index contributed by atoms with van der Waals surface area (Å²) in [5.74, 6) is -0.984. The molecular weight excluding hydrogens is 302 g/mol. The van der Waals surface area contributed by atoms with Crippen LogP contribution < -0.4 is 5.32 Å². The van der Waals surface area contributed by atoms with Crippen molar-refractivity contribution >= 4 is 34.8 Å². The fourth-order valence-corrected chi connectivity index (χ4v) is 2.54. The normalized spacial score (nSPS) is 11.9. The zero-order valence-electron chi connectivity index (χ0n) is 10.8. The number of amides is 1. The highest BCUT2D eigenvalue weighted by Gasteiger charge is 2.26. The lowest BCUT2D eigenvalue weighted by Crippen LogP contribution is -2.34. The van der Waals surface area contributed by atoms with Gasteiger partial charge in [0.05, 0.1) is 22.0 Å². The molecule has 1 amide bonds. The molecule has 0 fully saturated rings. The number of hydrogen-bond donors (Lipinski definition) is 1. The van der Waals surface area contributed by atoms with Crippen LogP contribution in [-0.4, -0.2) is 28.8 Å². The SMILES string of the molecule is COC(=O)C(NC(=O)c1ccc(Cl)s1)c1ccn(C)n1. The van der Waals surface area contributed by atoms with Crippen molar-refractivity contribution in [2.45, 2.75) is 6.04 Å². The molecule has 8 heteroatoms. The molecule has 2 aromatic rings. The number of ether oxygens (including phenoxy) is 1. The topological polar surface area (TPSA) is 73.2 Å². The number of methoxy groups -OCH3 is 1. The number of aromatic nitrogens is 2. The second-order valence-corrected chi connectivity index (χ2v) is 5.66. The van der Waals surface area contributed by atoms with Gasteiger partial charge >= 0.3 is 5.97 Å². The lowest BCUT2D eigenvalue weighted by molar-refractivity contribution is -0.143. The smallest absolute Gasteiger partial charge is 0.334 e. The van der Waals surface area contributed by atoms with Crippen LogP contribution in [0.1, 0.15) is 21.4 Å². The predicted molar refractivity (Wildman–Crippen MR) is 74.8 cm³/mol. The fraction of sp³-hybridized carbons (Fsp3) is 0.250. The minimum absolute atomic E-state index is 0.400. The second kappa shape index (κ2) is 6.06. The molecule has 106 valence electrons. The van der Waals surface area contributed by atoms with Crippen molar-refractivity contribution in [1.82, 2.24) is 15.1 Å². The van der Waals surface area contributed by atoms with Gasteiger partial charge in [0.1, 0.15) is 0 Å². The first kappa shape index (κ1) is 14.5. The van der Waals surface area contributed by atoms with E-state index in [4.69, 9.17) is 16.3 Å². The van der Waals surface area contributed by atoms with Gasteiger partial charge in [0.15, 0.2) is 6.04 Å². The molecule has 0 aliphatic heterocycles. The molecule has 1 atom stereocenters. The summed E-state index contributed by atoms with van der Waals surface area (Å²) in [6, 6.07) is 3.91. The monoisotopic (exact) mass is 313 g/mol. The first-order valence-corrected chi connectivity index (χ1v) is 6.84. The summed E-state index contributed by atoms with van der Waals surface area (Å²) in [5.41, 5.74) is 0.412. The van der Waals surface area contributed by atoms with Gasteiger partial charge in [0.25, 0.3) is 5.91 Å². The summed E-state index contributed by atoms with van der Waals surface area (Å²) in [6.45, 7) is 0. The number of esters is 1. The molecular formula is C12H12ClN3O3S. The molecule has 0 aliphatic carbocycles. The van der Waals surface area contributed by atoms with Gasteiger partial charge in [-0.3, -0.25) is 9.48 Å². The van der Waals surface area contributed by atoms with Crippen LogP contribution in [0.25, 0.3) is 0 Å². The Bertz CT molecular complexity index is 637. The standard InChI is InChI=1S/C12H12ClN3O3S/c1-16-6-5-7(15-16)10(12(18)19-2)14-11(17)8-3-4-9(13)20-8/h3-6,10H,1-2H3,(H,14,17). The van der Waals surface area contributed by atoms with E-state index in [9.17, 15) is 9.59 Å². The molecule has 6 nitrogen and oxygen atoms in total. The van der Waals surface area contributed by atoms with E-state index in [0.717, 1.165) is 11.3 Å². The summed E-state index contributed by atoms with van der Waals surface area (Å²) in [6.07, 6.45) is 1.68. The van der Waals surface area contributed by atoms with Crippen LogP contribution in [0.5, 0.6) is 0 Å². The quantitative estimate of drug-likeness (QED) is 0.873. The van der Waals surface area contributed by atoms with Crippen molar-refractivity contribution in [2.24, 2.45) is 7.05 Å². The van der Waals surface area contributed by atoms with Gasteiger partial charge in [-0.15, -0.1) is 11.3 Å². The molecule has 2 heterocycles. The van der Waals surface area contributed by atoms with Gasteiger partial charge in [0, 0.05) is 13.2 Å². The van der Waals surface area contributed by atoms with Gasteiger partial charge < -0.3 is 10.1 Å². The van der Waals surface area contributed by atoms with Crippen LogP contribution in [0.4, 0.5) is 0 Å². The third-order valence-corrected chi connectivity index (χ3v) is 3.77. The Hall–Kier alpha value is -1.86. The van der Waals surface area contributed by atoms with Crippen LogP contribution in [0.3, 0.4) is 0 Å². The maximum Gasteiger partial charge on any atom is 0.334 e. The number of thiophene rings is 1. The van der Waals surface area contributed by atoms with Crippen molar-refractivity contribution in [1.29, 1.82) is 0 Å². The summed E-state index contributed by atoms with van der Waals surface area (Å²) in [4.78, 5) is 24.3. The van der Waals surface area contributed by atoms with Gasteiger partial charge in [-0.25, -0.2) is 4.79 Å². The van der Waals surface area contributed by atoms with E-state index < -0.39 is 17.9 Å². The van der Waals surface area contributed by atoms with E-state index in [0.29, 0.717) is 14.9 Å². The molecule has 0 bridgehead atoms. The summed E-state index contributed by atoms with van der Waals surface area (Å²) >= 11 is 6.92. The second-order valence-electron chi connectivity index (χ2n) is 3.95. The number of carbonyl (C=O) groups excluding carboxylic acids is 2. The molecule has 1 unspecified atom stereocenters. The first-order chi connectivity index (χ1) is 9.51. The van der Waals surface area contributed by atoms with E-state index in [2.05, 4.69) is 10.4 Å². The Balaban J connectivity index is 2.20. The third kappa shape index (κ3) is 3.17. The average Bonchev–Trinajstić information content (AvgIpc) is 3.03. The Morgan fingerprint density at radius 3 is 2.70 bits per heavy atom. The van der Waals surface area contributed by atoms with Gasteiger partial charge in [-0.05, 0) is 18.2 Å². The third-order valence-electron chi connectivity index (χ3n) is 2.54. The lowest BCUT2D eigenvalue weighted by Gasteiger charge is -2.13. The summed E-state index contributed by atoms with van der Waals surface area (Å²) in [5, 5.41) is 6.70. The number of nitrogens with one attached hydrogen (secondary N) is 1. The zero-order chi connectivity index (χ0) is 14.7. The Labute approximate surface area is 124 Å². The predicted octanol–water partition coefficient (Wildman–Crippen LogP) is 1.78. The highest BCUT2D eigenvalue weighted by molar-refractivity contribution is 7.18. The number of aryl methyl sites for hydroxylation is 1. The molecule has 0 spiro atoms. The van der Waals surface area contributed by atoms with E-state index in [-0.39, 0.29) is 0 Å². The number of hydrogen-bond acceptors (Lipinski definition) is 5. The van der Waals surface area contributed by atoms with Gasteiger partial charge in [0.2, 0.25) is 0 Å². The van der Waals surface area contributed by atoms with Crippen molar-refractivity contribution in [2.75, 3.05) is 7.11 Å². The Kier molecular flexibility index (Phi) is 4.41. The maximum absolute atomic E-state index is 12.1. The number of rotatable bonds is 4. The minimum Gasteiger partial charge on any atom is -0.467 e. The molecule has 20 heavy (non-hydrogen) atoms. The Morgan fingerprint density at radius 2 is 2.20 bits per heavy atom. The van der Waals surface area contributed by atoms with Crippen LogP contribution in [0.2, 0.25) is 4.34 Å². The number of halogens is 1. The number of carbonyl (C=O) groups is 2. The van der Waals surface area contributed by atoms with Gasteiger partial charge in [-0.2, -0.15) is 5.10 Å². The highest BCUT2D eigenvalue weighted by Crippen LogP contribution is 2.22. The van der Waals surface area contributed by atoms with E-state index in [1.165, 1.54) is 7.11 Å². The van der Waals surface area contributed by atoms with E-state index in [1.54, 1.807) is 36.1 Å². The molecule has 0 radical (unpaired) electrons. The molecule has 0 saturated carbocycles. The maximum atomic E-state index is 12.1. The zero-order valence-corrected chi connectivity index (χ0v) is 12.4.